The Bertz CT molecular complexity index is 1310. The molecule has 2 saturated heterocycles. The Balaban J connectivity index is 1.12. The van der Waals surface area contributed by atoms with E-state index in [1.807, 2.05) is 42.5 Å². The van der Waals surface area contributed by atoms with Crippen molar-refractivity contribution in [2.75, 3.05) is 70.9 Å². The Labute approximate surface area is 212 Å². The third-order valence-corrected chi connectivity index (χ3v) is 9.01. The van der Waals surface area contributed by atoms with Crippen LogP contribution in [0.3, 0.4) is 0 Å². The van der Waals surface area contributed by atoms with E-state index in [2.05, 4.69) is 21.9 Å². The minimum atomic E-state index is -3.60. The van der Waals surface area contributed by atoms with Crippen LogP contribution in [0.2, 0.25) is 0 Å². The Morgan fingerprint density at radius 3 is 2.14 bits per heavy atom. The van der Waals surface area contributed by atoms with E-state index < -0.39 is 10.0 Å². The van der Waals surface area contributed by atoms with Crippen molar-refractivity contribution in [2.24, 2.45) is 0 Å². The molecule has 0 aliphatic carbocycles. The zero-order chi connectivity index (χ0) is 25.1. The smallest absolute Gasteiger partial charge is 0.243 e. The standard InChI is InChI=1S/C27H32N4O4S/c1-35-25-9-7-24(8-10-25)29-14-12-28(13-15-29)21-27(32)30-16-18-31(19-17-30)36(33,34)26-11-6-22-4-2-3-5-23(22)20-26/h2-11,20H,12-19,21H2,1H3. The minimum Gasteiger partial charge on any atom is -0.497 e. The maximum absolute atomic E-state index is 13.2. The summed E-state index contributed by atoms with van der Waals surface area (Å²) in [6.07, 6.45) is 0. The van der Waals surface area contributed by atoms with E-state index in [0.717, 1.165) is 48.4 Å². The predicted molar refractivity (Wildman–Crippen MR) is 141 cm³/mol. The van der Waals surface area contributed by atoms with Crippen molar-refractivity contribution >= 4 is 32.4 Å². The lowest BCUT2D eigenvalue weighted by Gasteiger charge is -2.38. The highest BCUT2D eigenvalue weighted by molar-refractivity contribution is 7.89. The molecule has 9 heteroatoms. The van der Waals surface area contributed by atoms with Crippen LogP contribution in [-0.4, -0.2) is 94.4 Å². The maximum atomic E-state index is 13.2. The second-order valence-corrected chi connectivity index (χ2v) is 11.2. The van der Waals surface area contributed by atoms with Gasteiger partial charge in [0.2, 0.25) is 15.9 Å². The molecule has 2 heterocycles. The Morgan fingerprint density at radius 1 is 0.806 bits per heavy atom. The second kappa shape index (κ2) is 10.5. The zero-order valence-corrected chi connectivity index (χ0v) is 21.4. The normalized spacial score (nSPS) is 17.9. The number of amides is 1. The van der Waals surface area contributed by atoms with Crippen LogP contribution in [0, 0.1) is 0 Å². The maximum Gasteiger partial charge on any atom is 0.243 e. The number of rotatable bonds is 6. The van der Waals surface area contributed by atoms with E-state index in [1.165, 1.54) is 4.31 Å². The summed E-state index contributed by atoms with van der Waals surface area (Å²) in [5.41, 5.74) is 1.16. The Kier molecular flexibility index (Phi) is 7.13. The fourth-order valence-electron chi connectivity index (χ4n) is 4.90. The fourth-order valence-corrected chi connectivity index (χ4v) is 6.36. The first-order valence-corrected chi connectivity index (χ1v) is 13.8. The quantitative estimate of drug-likeness (QED) is 0.510. The summed E-state index contributed by atoms with van der Waals surface area (Å²) in [6, 6.07) is 21.0. The second-order valence-electron chi connectivity index (χ2n) is 9.26. The van der Waals surface area contributed by atoms with Crippen LogP contribution in [0.4, 0.5) is 5.69 Å². The summed E-state index contributed by atoms with van der Waals surface area (Å²) in [6.45, 7) is 5.16. The van der Waals surface area contributed by atoms with Gasteiger partial charge in [-0.25, -0.2) is 8.42 Å². The van der Waals surface area contributed by atoms with Gasteiger partial charge in [0.15, 0.2) is 0 Å². The molecular weight excluding hydrogens is 476 g/mol. The van der Waals surface area contributed by atoms with Crippen LogP contribution >= 0.6 is 0 Å². The molecule has 0 radical (unpaired) electrons. The number of nitrogens with zero attached hydrogens (tertiary/aromatic N) is 4. The first-order chi connectivity index (χ1) is 17.4. The first-order valence-electron chi connectivity index (χ1n) is 12.3. The number of hydrogen-bond donors (Lipinski definition) is 0. The van der Waals surface area contributed by atoms with Crippen LogP contribution in [0.25, 0.3) is 10.8 Å². The summed E-state index contributed by atoms with van der Waals surface area (Å²) in [5.74, 6) is 0.906. The van der Waals surface area contributed by atoms with Crippen molar-refractivity contribution in [3.8, 4) is 5.75 Å². The molecule has 5 rings (SSSR count). The zero-order valence-electron chi connectivity index (χ0n) is 20.5. The van der Waals surface area contributed by atoms with E-state index in [9.17, 15) is 13.2 Å². The average Bonchev–Trinajstić information content (AvgIpc) is 2.93. The van der Waals surface area contributed by atoms with E-state index in [1.54, 1.807) is 24.1 Å². The van der Waals surface area contributed by atoms with E-state index in [4.69, 9.17) is 4.74 Å². The molecule has 3 aromatic carbocycles. The van der Waals surface area contributed by atoms with Crippen molar-refractivity contribution < 1.29 is 17.9 Å². The van der Waals surface area contributed by atoms with Gasteiger partial charge in [-0.1, -0.05) is 30.3 Å². The van der Waals surface area contributed by atoms with Crippen LogP contribution in [0.5, 0.6) is 5.75 Å². The third kappa shape index (κ3) is 5.18. The highest BCUT2D eigenvalue weighted by Gasteiger charge is 2.31. The number of carbonyl (C=O) groups is 1. The lowest BCUT2D eigenvalue weighted by molar-refractivity contribution is -0.133. The average molecular weight is 509 g/mol. The molecule has 190 valence electrons. The van der Waals surface area contributed by atoms with Crippen LogP contribution in [0.1, 0.15) is 0 Å². The molecule has 0 saturated carbocycles. The monoisotopic (exact) mass is 508 g/mol. The van der Waals surface area contributed by atoms with Gasteiger partial charge in [0.25, 0.3) is 0 Å². The molecular formula is C27H32N4O4S. The number of methoxy groups -OCH3 is 1. The highest BCUT2D eigenvalue weighted by Crippen LogP contribution is 2.23. The topological polar surface area (TPSA) is 73.4 Å². The number of carbonyl (C=O) groups excluding carboxylic acids is 1. The Hall–Kier alpha value is -3.14. The number of piperazine rings is 2. The van der Waals surface area contributed by atoms with Crippen molar-refractivity contribution in [3.05, 3.63) is 66.7 Å². The van der Waals surface area contributed by atoms with Gasteiger partial charge in [0.05, 0.1) is 18.6 Å². The highest BCUT2D eigenvalue weighted by atomic mass is 32.2. The summed E-state index contributed by atoms with van der Waals surface area (Å²) < 4.78 is 33.1. The molecule has 2 fully saturated rings. The van der Waals surface area contributed by atoms with Gasteiger partial charge >= 0.3 is 0 Å². The molecule has 0 bridgehead atoms. The van der Waals surface area contributed by atoms with Gasteiger partial charge in [-0.2, -0.15) is 4.31 Å². The van der Waals surface area contributed by atoms with Crippen LogP contribution < -0.4 is 9.64 Å². The minimum absolute atomic E-state index is 0.0654. The number of ether oxygens (including phenoxy) is 1. The van der Waals surface area contributed by atoms with Gasteiger partial charge in [-0.15, -0.1) is 0 Å². The lowest BCUT2D eigenvalue weighted by atomic mass is 10.1. The molecule has 0 unspecified atom stereocenters. The third-order valence-electron chi connectivity index (χ3n) is 7.12. The van der Waals surface area contributed by atoms with Crippen molar-refractivity contribution in [1.82, 2.24) is 14.1 Å². The van der Waals surface area contributed by atoms with Gasteiger partial charge in [-0.05, 0) is 47.2 Å². The number of sulfonamides is 1. The predicted octanol–water partition coefficient (Wildman–Crippen LogP) is 2.50. The largest absolute Gasteiger partial charge is 0.497 e. The van der Waals surface area contributed by atoms with E-state index in [-0.39, 0.29) is 5.91 Å². The number of hydrogen-bond acceptors (Lipinski definition) is 6. The number of fused-ring (bicyclic) bond motifs is 1. The summed E-state index contributed by atoms with van der Waals surface area (Å²) in [5, 5.41) is 1.91. The van der Waals surface area contributed by atoms with Gasteiger partial charge in [0.1, 0.15) is 5.75 Å². The lowest BCUT2D eigenvalue weighted by Crippen LogP contribution is -2.54. The molecule has 0 atom stereocenters. The van der Waals surface area contributed by atoms with Gasteiger partial charge < -0.3 is 14.5 Å². The first kappa shape index (κ1) is 24.5. The van der Waals surface area contributed by atoms with Crippen molar-refractivity contribution in [3.63, 3.8) is 0 Å². The number of anilines is 1. The molecule has 8 nitrogen and oxygen atoms in total. The van der Waals surface area contributed by atoms with E-state index >= 15 is 0 Å². The van der Waals surface area contributed by atoms with Gasteiger partial charge in [-0.3, -0.25) is 9.69 Å². The summed E-state index contributed by atoms with van der Waals surface area (Å²) >= 11 is 0. The molecule has 36 heavy (non-hydrogen) atoms. The summed E-state index contributed by atoms with van der Waals surface area (Å²) in [4.78, 5) is 19.5. The van der Waals surface area contributed by atoms with Crippen LogP contribution in [0.15, 0.2) is 71.6 Å². The summed E-state index contributed by atoms with van der Waals surface area (Å²) in [7, 11) is -1.93. The van der Waals surface area contributed by atoms with Crippen molar-refractivity contribution in [1.29, 1.82) is 0 Å². The van der Waals surface area contributed by atoms with Crippen LogP contribution in [-0.2, 0) is 14.8 Å². The molecule has 2 aliphatic rings. The molecule has 0 spiro atoms. The van der Waals surface area contributed by atoms with Crippen molar-refractivity contribution in [2.45, 2.75) is 4.90 Å². The number of benzene rings is 3. The van der Waals surface area contributed by atoms with E-state index in [0.29, 0.717) is 37.6 Å². The Morgan fingerprint density at radius 2 is 1.47 bits per heavy atom. The SMILES string of the molecule is COc1ccc(N2CCN(CC(=O)N3CCN(S(=O)(=O)c4ccc5ccccc5c4)CC3)CC2)cc1. The molecule has 2 aliphatic heterocycles. The fraction of sp³-hybridized carbons (Fsp3) is 0.370. The molecule has 0 aromatic heterocycles. The molecule has 0 N–H and O–H groups in total. The van der Waals surface area contributed by atoms with Gasteiger partial charge in [0, 0.05) is 58.0 Å². The molecule has 1 amide bonds. The molecule has 3 aromatic rings.